The first-order chi connectivity index (χ1) is 15.4. The van der Waals surface area contributed by atoms with Gasteiger partial charge in [0.15, 0.2) is 6.10 Å². The van der Waals surface area contributed by atoms with Crippen LogP contribution in [0.2, 0.25) is 0 Å². The zero-order valence-electron chi connectivity index (χ0n) is 20.1. The maximum Gasteiger partial charge on any atom is 0.204 e. The Morgan fingerprint density at radius 2 is 1.45 bits per heavy atom. The highest BCUT2D eigenvalue weighted by Crippen LogP contribution is 2.48. The second-order valence-electron chi connectivity index (χ2n) is 10.9. The van der Waals surface area contributed by atoms with E-state index in [1.165, 1.54) is 0 Å². The fourth-order valence-corrected chi connectivity index (χ4v) is 4.88. The number of carbonyl (C=O) groups excluding carboxylic acids is 1. The van der Waals surface area contributed by atoms with Crippen LogP contribution in [0.25, 0.3) is 0 Å². The summed E-state index contributed by atoms with van der Waals surface area (Å²) in [5, 5.41) is 11.2. The quantitative estimate of drug-likeness (QED) is 0.373. The van der Waals surface area contributed by atoms with Gasteiger partial charge in [0.1, 0.15) is 11.5 Å². The van der Waals surface area contributed by atoms with Gasteiger partial charge >= 0.3 is 0 Å². The molecular weight excluding hydrogens is 476 g/mol. The van der Waals surface area contributed by atoms with Crippen molar-refractivity contribution in [3.63, 3.8) is 0 Å². The fourth-order valence-electron chi connectivity index (χ4n) is 4.54. The second-order valence-corrected chi connectivity index (χ2v) is 11.8. The van der Waals surface area contributed by atoms with Crippen LogP contribution in [-0.2, 0) is 10.8 Å². The molecule has 0 unspecified atom stereocenters. The Morgan fingerprint density at radius 3 is 2.00 bits per heavy atom. The summed E-state index contributed by atoms with van der Waals surface area (Å²) in [6.45, 7) is 12.6. The molecule has 0 amide bonds. The van der Waals surface area contributed by atoms with Crippen LogP contribution >= 0.6 is 15.9 Å². The van der Waals surface area contributed by atoms with Crippen molar-refractivity contribution in [2.24, 2.45) is 0 Å². The molecule has 2 atom stereocenters. The Kier molecular flexibility index (Phi) is 5.94. The highest BCUT2D eigenvalue weighted by molar-refractivity contribution is 9.10. The molecule has 4 rings (SSSR count). The standard InChI is InChI=1S/C29H31BrO3/c1-28(2,3)21-14-18(15-22(26(21)32)29(4,5)6)24-20-13-12-19(30)16-23(20)33-27(24)25(31)17-10-8-7-9-11-17/h7-16,24,27,32H,1-6H3/t24-,27-/m0/s1. The third kappa shape index (κ3) is 4.46. The van der Waals surface area contributed by atoms with Crippen molar-refractivity contribution in [2.75, 3.05) is 0 Å². The van der Waals surface area contributed by atoms with E-state index in [2.05, 4.69) is 69.6 Å². The number of hydrogen-bond acceptors (Lipinski definition) is 3. The lowest BCUT2D eigenvalue weighted by Crippen LogP contribution is -2.30. The molecule has 1 N–H and O–H groups in total. The monoisotopic (exact) mass is 506 g/mol. The van der Waals surface area contributed by atoms with Crippen LogP contribution < -0.4 is 4.74 Å². The van der Waals surface area contributed by atoms with Gasteiger partial charge in [0.2, 0.25) is 5.78 Å². The first-order valence-electron chi connectivity index (χ1n) is 11.3. The van der Waals surface area contributed by atoms with Crippen LogP contribution in [0.1, 0.15) is 80.1 Å². The molecule has 172 valence electrons. The number of benzene rings is 3. The number of phenols is 1. The minimum Gasteiger partial charge on any atom is -0.507 e. The maximum absolute atomic E-state index is 13.6. The lowest BCUT2D eigenvalue weighted by atomic mass is 9.75. The molecule has 3 nitrogen and oxygen atoms in total. The second kappa shape index (κ2) is 8.32. The van der Waals surface area contributed by atoms with Gasteiger partial charge in [-0.2, -0.15) is 0 Å². The van der Waals surface area contributed by atoms with Gasteiger partial charge in [-0.05, 0) is 39.7 Å². The molecule has 1 aliphatic rings. The van der Waals surface area contributed by atoms with Gasteiger partial charge in [0, 0.05) is 15.6 Å². The number of rotatable bonds is 3. The van der Waals surface area contributed by atoms with Gasteiger partial charge < -0.3 is 9.84 Å². The highest BCUT2D eigenvalue weighted by Gasteiger charge is 2.42. The lowest BCUT2D eigenvalue weighted by Gasteiger charge is -2.30. The van der Waals surface area contributed by atoms with E-state index in [1.54, 1.807) is 0 Å². The van der Waals surface area contributed by atoms with Gasteiger partial charge in [0.05, 0.1) is 5.92 Å². The molecule has 0 bridgehead atoms. The maximum atomic E-state index is 13.6. The number of ketones is 1. The Bertz CT molecular complexity index is 1160. The summed E-state index contributed by atoms with van der Waals surface area (Å²) < 4.78 is 7.22. The summed E-state index contributed by atoms with van der Waals surface area (Å²) in [6.07, 6.45) is -0.679. The SMILES string of the molecule is CC(C)(C)c1cc([C@H]2c3ccc(Br)cc3O[C@@H]2C(=O)c2ccccc2)cc(C(C)(C)C)c1O. The molecule has 0 radical (unpaired) electrons. The molecule has 1 heterocycles. The van der Waals surface area contributed by atoms with Gasteiger partial charge in [-0.25, -0.2) is 0 Å². The van der Waals surface area contributed by atoms with Crippen LogP contribution in [0.4, 0.5) is 0 Å². The van der Waals surface area contributed by atoms with Crippen molar-refractivity contribution in [1.82, 2.24) is 0 Å². The third-order valence-electron chi connectivity index (χ3n) is 6.29. The molecule has 3 aromatic rings. The minimum absolute atomic E-state index is 0.0457. The zero-order valence-corrected chi connectivity index (χ0v) is 21.7. The minimum atomic E-state index is -0.679. The van der Waals surface area contributed by atoms with Crippen LogP contribution in [-0.4, -0.2) is 17.0 Å². The molecular formula is C29H31BrO3. The topological polar surface area (TPSA) is 46.5 Å². The van der Waals surface area contributed by atoms with E-state index in [0.717, 1.165) is 26.7 Å². The molecule has 4 heteroatoms. The number of carbonyl (C=O) groups is 1. The Labute approximate surface area is 204 Å². The van der Waals surface area contributed by atoms with Crippen LogP contribution in [0.15, 0.2) is 65.1 Å². The van der Waals surface area contributed by atoms with Crippen molar-refractivity contribution < 1.29 is 14.6 Å². The first-order valence-corrected chi connectivity index (χ1v) is 12.1. The summed E-state index contributed by atoms with van der Waals surface area (Å²) in [7, 11) is 0. The van der Waals surface area contributed by atoms with Gasteiger partial charge in [-0.1, -0.05) is 106 Å². The summed E-state index contributed by atoms with van der Waals surface area (Å²) in [5.74, 6) is 0.727. The van der Waals surface area contributed by atoms with Crippen molar-refractivity contribution in [2.45, 2.75) is 64.4 Å². The van der Waals surface area contributed by atoms with E-state index in [4.69, 9.17) is 4.74 Å². The van der Waals surface area contributed by atoms with Crippen LogP contribution in [0.5, 0.6) is 11.5 Å². The summed E-state index contributed by atoms with van der Waals surface area (Å²) in [6, 6.07) is 19.4. The number of ether oxygens (including phenoxy) is 1. The summed E-state index contributed by atoms with van der Waals surface area (Å²) in [5.41, 5.74) is 3.83. The zero-order chi connectivity index (χ0) is 24.1. The average Bonchev–Trinajstić information content (AvgIpc) is 3.10. The normalized spacial score (nSPS) is 18.0. The highest BCUT2D eigenvalue weighted by atomic mass is 79.9. The van der Waals surface area contributed by atoms with Crippen molar-refractivity contribution in [3.05, 3.63) is 93.0 Å². The lowest BCUT2D eigenvalue weighted by molar-refractivity contribution is 0.0806. The predicted octanol–water partition coefficient (Wildman–Crippen LogP) is 7.53. The van der Waals surface area contributed by atoms with E-state index in [9.17, 15) is 9.90 Å². The number of fused-ring (bicyclic) bond motifs is 1. The largest absolute Gasteiger partial charge is 0.507 e. The van der Waals surface area contributed by atoms with E-state index in [0.29, 0.717) is 17.1 Å². The average molecular weight is 507 g/mol. The third-order valence-corrected chi connectivity index (χ3v) is 6.78. The summed E-state index contributed by atoms with van der Waals surface area (Å²) >= 11 is 3.53. The molecule has 1 aliphatic heterocycles. The first kappa shape index (κ1) is 23.6. The number of Topliss-reactive ketones (excluding diaryl/α,β-unsaturated/α-hetero) is 1. The van der Waals surface area contributed by atoms with Crippen molar-refractivity contribution in [1.29, 1.82) is 0 Å². The molecule has 0 spiro atoms. The molecule has 33 heavy (non-hydrogen) atoms. The molecule has 0 saturated carbocycles. The Hall–Kier alpha value is -2.59. The summed E-state index contributed by atoms with van der Waals surface area (Å²) in [4.78, 5) is 13.6. The van der Waals surface area contributed by atoms with E-state index in [1.807, 2.05) is 48.5 Å². The van der Waals surface area contributed by atoms with Gasteiger partial charge in [0.25, 0.3) is 0 Å². The number of phenolic OH excluding ortho intramolecular Hbond substituents is 1. The number of aromatic hydroxyl groups is 1. The smallest absolute Gasteiger partial charge is 0.204 e. The van der Waals surface area contributed by atoms with Crippen LogP contribution in [0, 0.1) is 0 Å². The van der Waals surface area contributed by atoms with Gasteiger partial charge in [-0.3, -0.25) is 4.79 Å². The van der Waals surface area contributed by atoms with Crippen LogP contribution in [0.3, 0.4) is 0 Å². The van der Waals surface area contributed by atoms with E-state index in [-0.39, 0.29) is 22.5 Å². The molecule has 0 aliphatic carbocycles. The van der Waals surface area contributed by atoms with E-state index >= 15 is 0 Å². The number of halogens is 1. The number of hydrogen-bond donors (Lipinski definition) is 1. The molecule has 3 aromatic carbocycles. The molecule has 0 aromatic heterocycles. The fraction of sp³-hybridized carbons (Fsp3) is 0.345. The Balaban J connectivity index is 1.95. The predicted molar refractivity (Wildman–Crippen MR) is 137 cm³/mol. The van der Waals surface area contributed by atoms with Crippen molar-refractivity contribution in [3.8, 4) is 11.5 Å². The van der Waals surface area contributed by atoms with E-state index < -0.39 is 6.10 Å². The Morgan fingerprint density at radius 1 is 0.879 bits per heavy atom. The van der Waals surface area contributed by atoms with Crippen molar-refractivity contribution >= 4 is 21.7 Å². The molecule has 0 saturated heterocycles. The molecule has 0 fully saturated rings. The van der Waals surface area contributed by atoms with Gasteiger partial charge in [-0.15, -0.1) is 0 Å².